The molecule has 0 aromatic carbocycles. The summed E-state index contributed by atoms with van der Waals surface area (Å²) in [6.45, 7) is 5.57. The van der Waals surface area contributed by atoms with Gasteiger partial charge in [0.05, 0.1) is 5.92 Å². The van der Waals surface area contributed by atoms with Gasteiger partial charge < -0.3 is 5.11 Å². The van der Waals surface area contributed by atoms with E-state index in [2.05, 4.69) is 6.92 Å². The van der Waals surface area contributed by atoms with Gasteiger partial charge in [-0.15, -0.1) is 0 Å². The van der Waals surface area contributed by atoms with Crippen molar-refractivity contribution in [2.45, 2.75) is 40.0 Å². The first-order valence-electron chi connectivity index (χ1n) is 7.06. The molecule has 0 amide bonds. The quantitative estimate of drug-likeness (QED) is 0.827. The number of hydrogen-bond donors (Lipinski definition) is 1. The Labute approximate surface area is 112 Å². The highest BCUT2D eigenvalue weighted by molar-refractivity contribution is 6.02. The van der Waals surface area contributed by atoms with Crippen molar-refractivity contribution in [3.63, 3.8) is 0 Å². The largest absolute Gasteiger partial charge is 0.481 e. The van der Waals surface area contributed by atoms with Crippen molar-refractivity contribution in [2.24, 2.45) is 34.5 Å². The van der Waals surface area contributed by atoms with Crippen LogP contribution in [0.1, 0.15) is 40.0 Å². The van der Waals surface area contributed by atoms with Crippen molar-refractivity contribution in [3.8, 4) is 0 Å². The van der Waals surface area contributed by atoms with Gasteiger partial charge in [0.15, 0.2) is 0 Å². The van der Waals surface area contributed by atoms with Gasteiger partial charge in [-0.3, -0.25) is 14.4 Å². The molecule has 4 heteroatoms. The Morgan fingerprint density at radius 3 is 2.58 bits per heavy atom. The predicted molar refractivity (Wildman–Crippen MR) is 67.3 cm³/mol. The average Bonchev–Trinajstić information content (AvgIpc) is 2.69. The molecule has 3 fully saturated rings. The van der Waals surface area contributed by atoms with Crippen molar-refractivity contribution >= 4 is 17.5 Å². The van der Waals surface area contributed by atoms with Crippen LogP contribution in [0.4, 0.5) is 0 Å². The molecule has 3 rings (SSSR count). The van der Waals surface area contributed by atoms with Gasteiger partial charge in [-0.2, -0.15) is 0 Å². The zero-order chi connectivity index (χ0) is 14.2. The highest BCUT2D eigenvalue weighted by Gasteiger charge is 2.75. The summed E-state index contributed by atoms with van der Waals surface area (Å²) < 4.78 is 0. The Morgan fingerprint density at radius 2 is 2.00 bits per heavy atom. The summed E-state index contributed by atoms with van der Waals surface area (Å²) in [5.74, 6) is -1.96. The first-order chi connectivity index (χ1) is 8.76. The molecule has 4 nitrogen and oxygen atoms in total. The van der Waals surface area contributed by atoms with E-state index in [1.807, 2.05) is 6.92 Å². The average molecular weight is 264 g/mol. The monoisotopic (exact) mass is 264 g/mol. The number of carbonyl (C=O) groups excluding carboxylic acids is 2. The summed E-state index contributed by atoms with van der Waals surface area (Å²) in [5.41, 5.74) is -0.945. The van der Waals surface area contributed by atoms with Crippen LogP contribution in [0.5, 0.6) is 0 Å². The zero-order valence-electron chi connectivity index (χ0n) is 11.6. The molecule has 19 heavy (non-hydrogen) atoms. The molecule has 3 aliphatic carbocycles. The van der Waals surface area contributed by atoms with Crippen LogP contribution in [0, 0.1) is 34.5 Å². The second-order valence-corrected chi connectivity index (χ2v) is 6.96. The predicted octanol–water partition coefficient (Wildman–Crippen LogP) is 1.92. The minimum Gasteiger partial charge on any atom is -0.481 e. The lowest BCUT2D eigenvalue weighted by Crippen LogP contribution is -2.43. The second-order valence-electron chi connectivity index (χ2n) is 6.96. The molecule has 0 heterocycles. The van der Waals surface area contributed by atoms with Gasteiger partial charge in [-0.1, -0.05) is 20.8 Å². The van der Waals surface area contributed by atoms with E-state index in [9.17, 15) is 19.5 Å². The van der Waals surface area contributed by atoms with Crippen molar-refractivity contribution < 1.29 is 19.5 Å². The molecule has 3 saturated carbocycles. The summed E-state index contributed by atoms with van der Waals surface area (Å²) in [5, 5.41) is 9.37. The number of rotatable bonds is 2. The van der Waals surface area contributed by atoms with Crippen molar-refractivity contribution in [1.29, 1.82) is 0 Å². The lowest BCUT2D eigenvalue weighted by atomic mass is 9.62. The van der Waals surface area contributed by atoms with Gasteiger partial charge in [0.2, 0.25) is 0 Å². The summed E-state index contributed by atoms with van der Waals surface area (Å²) in [6, 6.07) is 0. The second kappa shape index (κ2) is 3.47. The van der Waals surface area contributed by atoms with Gasteiger partial charge in [0.25, 0.3) is 0 Å². The highest BCUT2D eigenvalue weighted by Crippen LogP contribution is 2.72. The number of carbonyl (C=O) groups is 3. The van der Waals surface area contributed by atoms with E-state index in [0.717, 1.165) is 6.42 Å². The van der Waals surface area contributed by atoms with Crippen LogP contribution in [-0.2, 0) is 14.4 Å². The molecule has 0 saturated heterocycles. The number of ketones is 2. The first kappa shape index (κ1) is 12.8. The van der Waals surface area contributed by atoms with Crippen molar-refractivity contribution in [2.75, 3.05) is 0 Å². The highest BCUT2D eigenvalue weighted by atomic mass is 16.4. The fraction of sp³-hybridized carbons (Fsp3) is 0.800. The first-order valence-corrected chi connectivity index (χ1v) is 7.06. The molecule has 0 spiro atoms. The third-order valence-corrected chi connectivity index (χ3v) is 6.50. The third kappa shape index (κ3) is 1.18. The van der Waals surface area contributed by atoms with E-state index in [4.69, 9.17) is 0 Å². The van der Waals surface area contributed by atoms with E-state index >= 15 is 0 Å². The van der Waals surface area contributed by atoms with Gasteiger partial charge in [0, 0.05) is 23.7 Å². The summed E-state index contributed by atoms with van der Waals surface area (Å²) in [7, 11) is 0. The van der Waals surface area contributed by atoms with Crippen LogP contribution in [0.2, 0.25) is 0 Å². The minimum atomic E-state index is -0.912. The molecule has 0 radical (unpaired) electrons. The lowest BCUT2D eigenvalue weighted by Gasteiger charge is -2.40. The number of aliphatic carboxylic acids is 1. The molecular formula is C15H20O4. The molecule has 0 aromatic heterocycles. The number of carboxylic acids is 1. The number of carboxylic acid groups (broad SMARTS) is 1. The summed E-state index contributed by atoms with van der Waals surface area (Å²) in [6.07, 6.45) is 1.90. The van der Waals surface area contributed by atoms with E-state index < -0.39 is 17.3 Å². The number of hydrogen-bond acceptors (Lipinski definition) is 3. The molecule has 1 N–H and O–H groups in total. The van der Waals surface area contributed by atoms with Crippen LogP contribution in [0.25, 0.3) is 0 Å². The van der Waals surface area contributed by atoms with Crippen molar-refractivity contribution in [3.05, 3.63) is 0 Å². The van der Waals surface area contributed by atoms with E-state index in [-0.39, 0.29) is 34.7 Å². The normalized spacial score (nSPS) is 49.5. The smallest absolute Gasteiger partial charge is 0.307 e. The van der Waals surface area contributed by atoms with Gasteiger partial charge >= 0.3 is 5.97 Å². The Bertz CT molecular complexity index is 496. The van der Waals surface area contributed by atoms with E-state index in [1.165, 1.54) is 0 Å². The molecule has 104 valence electrons. The molecular weight excluding hydrogens is 244 g/mol. The Morgan fingerprint density at radius 1 is 1.37 bits per heavy atom. The Balaban J connectivity index is 2.16. The summed E-state index contributed by atoms with van der Waals surface area (Å²) in [4.78, 5) is 36.4. The fourth-order valence-corrected chi connectivity index (χ4v) is 5.41. The Hall–Kier alpha value is -1.19. The van der Waals surface area contributed by atoms with E-state index in [1.54, 1.807) is 6.92 Å². The van der Waals surface area contributed by atoms with E-state index in [0.29, 0.717) is 12.8 Å². The maximum atomic E-state index is 12.9. The molecule has 0 unspecified atom stereocenters. The standard InChI is InChI=1S/C15H20O4/c1-7-9(16)6-10-14(3)4-5-15(10,8(2)13(18)19)12(17)11(7)14/h7-8,10-11H,4-6H2,1-3H3,(H,18,19)/t7-,8+,10+,11+,14+,15+/m1/s1. The van der Waals surface area contributed by atoms with Gasteiger partial charge in [-0.05, 0) is 24.2 Å². The molecule has 4 bridgehead atoms. The van der Waals surface area contributed by atoms with Crippen LogP contribution >= 0.6 is 0 Å². The lowest BCUT2D eigenvalue weighted by molar-refractivity contribution is -0.152. The summed E-state index contributed by atoms with van der Waals surface area (Å²) >= 11 is 0. The zero-order valence-corrected chi connectivity index (χ0v) is 11.6. The maximum absolute atomic E-state index is 12.9. The minimum absolute atomic E-state index is 0.0551. The van der Waals surface area contributed by atoms with Crippen LogP contribution in [0.3, 0.4) is 0 Å². The van der Waals surface area contributed by atoms with Crippen LogP contribution in [-0.4, -0.2) is 22.6 Å². The molecule has 3 aliphatic rings. The SMILES string of the molecule is C[C@@H]1C(=O)C[C@H]2[C@]3(C)CC[C@@]2([C@@H](C)C(=O)O)C(=O)[C@H]13. The maximum Gasteiger partial charge on any atom is 0.307 e. The third-order valence-electron chi connectivity index (χ3n) is 6.50. The molecule has 0 aliphatic heterocycles. The van der Waals surface area contributed by atoms with Gasteiger partial charge in [-0.25, -0.2) is 0 Å². The number of Topliss-reactive ketones (excluding diaryl/α,β-unsaturated/α-hetero) is 2. The van der Waals surface area contributed by atoms with Crippen molar-refractivity contribution in [1.82, 2.24) is 0 Å². The van der Waals surface area contributed by atoms with Crippen LogP contribution < -0.4 is 0 Å². The van der Waals surface area contributed by atoms with Gasteiger partial charge in [0.1, 0.15) is 11.6 Å². The fourth-order valence-electron chi connectivity index (χ4n) is 5.41. The Kier molecular flexibility index (Phi) is 2.34. The molecule has 6 atom stereocenters. The topological polar surface area (TPSA) is 71.4 Å². The molecule has 0 aromatic rings. The van der Waals surface area contributed by atoms with Crippen LogP contribution in [0.15, 0.2) is 0 Å².